The summed E-state index contributed by atoms with van der Waals surface area (Å²) in [6.45, 7) is 1.44. The maximum Gasteiger partial charge on any atom is 0.261 e. The van der Waals surface area contributed by atoms with Crippen molar-refractivity contribution in [3.8, 4) is 0 Å². The number of carbonyl (C=O) groups excluding carboxylic acids is 1. The lowest BCUT2D eigenvalue weighted by molar-refractivity contribution is 0.101. The van der Waals surface area contributed by atoms with Gasteiger partial charge in [-0.1, -0.05) is 12.1 Å². The van der Waals surface area contributed by atoms with E-state index in [0.717, 1.165) is 4.90 Å². The smallest absolute Gasteiger partial charge is 0.261 e. The number of anilines is 1. The zero-order valence-corrected chi connectivity index (χ0v) is 13.3. The fourth-order valence-corrected chi connectivity index (χ4v) is 3.21. The number of sulfonamides is 1. The molecule has 2 aromatic carbocycles. The van der Waals surface area contributed by atoms with Gasteiger partial charge in [-0.05, 0) is 49.6 Å². The van der Waals surface area contributed by atoms with Crippen molar-refractivity contribution in [3.05, 3.63) is 54.1 Å². The maximum atomic E-state index is 12.2. The Morgan fingerprint density at radius 3 is 2.05 bits per heavy atom. The number of ketones is 1. The number of Topliss-reactive ketones (excluding diaryl/α,β-unsaturated/α-hetero) is 1. The molecule has 0 heterocycles. The van der Waals surface area contributed by atoms with Gasteiger partial charge in [0.15, 0.2) is 5.78 Å². The van der Waals surface area contributed by atoms with E-state index >= 15 is 0 Å². The van der Waals surface area contributed by atoms with Crippen LogP contribution in [0.5, 0.6) is 0 Å². The molecule has 1 N–H and O–H groups in total. The summed E-state index contributed by atoms with van der Waals surface area (Å²) in [5.74, 6) is -0.0976. The summed E-state index contributed by atoms with van der Waals surface area (Å²) in [6, 6.07) is 13.0. The number of rotatable bonds is 5. The maximum absolute atomic E-state index is 12.2. The van der Waals surface area contributed by atoms with E-state index < -0.39 is 10.0 Å². The number of carbonyl (C=O) groups is 1. The van der Waals surface area contributed by atoms with Crippen molar-refractivity contribution in [3.63, 3.8) is 0 Å². The van der Waals surface area contributed by atoms with E-state index in [9.17, 15) is 13.2 Å². The third-order valence-electron chi connectivity index (χ3n) is 2.91. The van der Waals surface area contributed by atoms with Crippen LogP contribution in [0.3, 0.4) is 0 Å². The van der Waals surface area contributed by atoms with Gasteiger partial charge in [0.1, 0.15) is 0 Å². The van der Waals surface area contributed by atoms with Crippen molar-refractivity contribution >= 4 is 33.3 Å². The van der Waals surface area contributed by atoms with Crippen LogP contribution in [0.1, 0.15) is 17.3 Å². The average molecular weight is 321 g/mol. The molecule has 2 aromatic rings. The van der Waals surface area contributed by atoms with E-state index in [2.05, 4.69) is 4.72 Å². The van der Waals surface area contributed by atoms with Crippen molar-refractivity contribution in [2.75, 3.05) is 11.0 Å². The van der Waals surface area contributed by atoms with Crippen LogP contribution in [0.15, 0.2) is 58.3 Å². The molecule has 0 saturated heterocycles. The first kappa shape index (κ1) is 15.6. The van der Waals surface area contributed by atoms with Gasteiger partial charge in [-0.2, -0.15) is 0 Å². The van der Waals surface area contributed by atoms with Crippen molar-refractivity contribution in [1.29, 1.82) is 0 Å². The lowest BCUT2D eigenvalue weighted by Crippen LogP contribution is -2.13. The molecule has 21 heavy (non-hydrogen) atoms. The second-order valence-electron chi connectivity index (χ2n) is 4.41. The summed E-state index contributed by atoms with van der Waals surface area (Å²) < 4.78 is 27.0. The predicted octanol–water partition coefficient (Wildman–Crippen LogP) is 3.41. The second-order valence-corrected chi connectivity index (χ2v) is 6.98. The Labute approximate surface area is 128 Å². The van der Waals surface area contributed by atoms with E-state index in [1.165, 1.54) is 31.2 Å². The van der Waals surface area contributed by atoms with Crippen LogP contribution < -0.4 is 4.72 Å². The molecule has 0 bridgehead atoms. The fraction of sp³-hybridized carbons (Fsp3) is 0.133. The Morgan fingerprint density at radius 2 is 1.57 bits per heavy atom. The third kappa shape index (κ3) is 3.86. The largest absolute Gasteiger partial charge is 0.295 e. The number of nitrogens with one attached hydrogen (secondary N) is 1. The highest BCUT2D eigenvalue weighted by atomic mass is 32.2. The van der Waals surface area contributed by atoms with Crippen molar-refractivity contribution in [2.24, 2.45) is 0 Å². The van der Waals surface area contributed by atoms with Gasteiger partial charge in [-0.3, -0.25) is 9.52 Å². The number of thioether (sulfide) groups is 1. The van der Waals surface area contributed by atoms with E-state index in [-0.39, 0.29) is 10.7 Å². The first-order valence-corrected chi connectivity index (χ1v) is 8.91. The number of hydrogen-bond acceptors (Lipinski definition) is 4. The molecule has 0 atom stereocenters. The molecule has 0 saturated carbocycles. The summed E-state index contributed by atoms with van der Waals surface area (Å²) in [5, 5.41) is 0. The van der Waals surface area contributed by atoms with Gasteiger partial charge in [0.2, 0.25) is 0 Å². The molecule has 2 rings (SSSR count). The molecule has 0 aliphatic heterocycles. The summed E-state index contributed by atoms with van der Waals surface area (Å²) in [4.78, 5) is 12.4. The van der Waals surface area contributed by atoms with Gasteiger partial charge in [-0.15, -0.1) is 11.8 Å². The van der Waals surface area contributed by atoms with Crippen molar-refractivity contribution in [1.82, 2.24) is 0 Å². The standard InChI is InChI=1S/C15H15NO3S2/c1-11(17)12-3-9-15(10-4-12)21(18,19)16-13-5-7-14(20-2)8-6-13/h3-10,16H,1-2H3. The first-order chi connectivity index (χ1) is 9.92. The van der Waals surface area contributed by atoms with Gasteiger partial charge >= 0.3 is 0 Å². The van der Waals surface area contributed by atoms with Crippen LogP contribution in [0.4, 0.5) is 5.69 Å². The van der Waals surface area contributed by atoms with Crippen molar-refractivity contribution in [2.45, 2.75) is 16.7 Å². The SMILES string of the molecule is CSc1ccc(NS(=O)(=O)c2ccc(C(C)=O)cc2)cc1. The molecule has 110 valence electrons. The highest BCUT2D eigenvalue weighted by molar-refractivity contribution is 7.98. The number of benzene rings is 2. The molecule has 0 amide bonds. The lowest BCUT2D eigenvalue weighted by atomic mass is 10.2. The number of hydrogen-bond donors (Lipinski definition) is 1. The van der Waals surface area contributed by atoms with Crippen LogP contribution >= 0.6 is 11.8 Å². The first-order valence-electron chi connectivity index (χ1n) is 6.20. The van der Waals surface area contributed by atoms with Gasteiger partial charge < -0.3 is 0 Å². The second kappa shape index (κ2) is 6.32. The molecule has 0 spiro atoms. The Hall–Kier alpha value is -1.79. The van der Waals surface area contributed by atoms with E-state index in [4.69, 9.17) is 0 Å². The topological polar surface area (TPSA) is 63.2 Å². The van der Waals surface area contributed by atoms with Crippen LogP contribution in [0, 0.1) is 0 Å². The van der Waals surface area contributed by atoms with E-state index in [1.807, 2.05) is 18.4 Å². The Kier molecular flexibility index (Phi) is 4.69. The summed E-state index contributed by atoms with van der Waals surface area (Å²) >= 11 is 1.59. The minimum Gasteiger partial charge on any atom is -0.295 e. The molecule has 0 aliphatic carbocycles. The lowest BCUT2D eigenvalue weighted by Gasteiger charge is -2.09. The molecule has 6 heteroatoms. The molecule has 0 aromatic heterocycles. The molecular formula is C15H15NO3S2. The monoisotopic (exact) mass is 321 g/mol. The van der Waals surface area contributed by atoms with Crippen LogP contribution in [-0.4, -0.2) is 20.5 Å². The van der Waals surface area contributed by atoms with E-state index in [0.29, 0.717) is 11.3 Å². The average Bonchev–Trinajstić information content (AvgIpc) is 2.48. The molecular weight excluding hydrogens is 306 g/mol. The summed E-state index contributed by atoms with van der Waals surface area (Å²) in [6.07, 6.45) is 1.95. The molecule has 0 fully saturated rings. The summed E-state index contributed by atoms with van der Waals surface area (Å²) in [5.41, 5.74) is 0.988. The normalized spacial score (nSPS) is 11.1. The quantitative estimate of drug-likeness (QED) is 0.677. The van der Waals surface area contributed by atoms with Gasteiger partial charge in [0.25, 0.3) is 10.0 Å². The minimum absolute atomic E-state index is 0.0976. The van der Waals surface area contributed by atoms with E-state index in [1.54, 1.807) is 23.9 Å². The highest BCUT2D eigenvalue weighted by Crippen LogP contribution is 2.20. The molecule has 0 unspecified atom stereocenters. The Balaban J connectivity index is 2.22. The van der Waals surface area contributed by atoms with Crippen molar-refractivity contribution < 1.29 is 13.2 Å². The Morgan fingerprint density at radius 1 is 1.00 bits per heavy atom. The van der Waals surface area contributed by atoms with Gasteiger partial charge in [-0.25, -0.2) is 8.42 Å². The Bertz CT molecular complexity index is 735. The van der Waals surface area contributed by atoms with Gasteiger partial charge in [0, 0.05) is 16.1 Å². The van der Waals surface area contributed by atoms with Gasteiger partial charge in [0.05, 0.1) is 4.90 Å². The van der Waals surface area contributed by atoms with Crippen LogP contribution in [0.2, 0.25) is 0 Å². The fourth-order valence-electron chi connectivity index (χ4n) is 1.74. The minimum atomic E-state index is -3.64. The zero-order chi connectivity index (χ0) is 15.5. The van der Waals surface area contributed by atoms with Crippen LogP contribution in [0.25, 0.3) is 0 Å². The van der Waals surface area contributed by atoms with Crippen LogP contribution in [-0.2, 0) is 10.0 Å². The third-order valence-corrected chi connectivity index (χ3v) is 5.05. The zero-order valence-electron chi connectivity index (χ0n) is 11.7. The molecule has 4 nitrogen and oxygen atoms in total. The molecule has 0 aliphatic rings. The molecule has 0 radical (unpaired) electrons. The summed E-state index contributed by atoms with van der Waals surface area (Å²) in [7, 11) is -3.64. The highest BCUT2D eigenvalue weighted by Gasteiger charge is 2.14. The predicted molar refractivity (Wildman–Crippen MR) is 85.5 cm³/mol.